The van der Waals surface area contributed by atoms with Gasteiger partial charge in [0.2, 0.25) is 11.6 Å². The summed E-state index contributed by atoms with van der Waals surface area (Å²) >= 11 is 1.63. The molecule has 1 aliphatic heterocycles. The number of likely N-dealkylation sites (tertiary alicyclic amines) is 1. The highest BCUT2D eigenvalue weighted by Gasteiger charge is 2.46. The number of aromatic nitrogens is 3. The van der Waals surface area contributed by atoms with Crippen molar-refractivity contribution in [1.82, 2.24) is 25.4 Å². The number of carbonyl (C=O) groups is 2. The molecule has 1 aromatic rings. The molecule has 4 unspecified atom stereocenters. The Balaban J connectivity index is 1.80. The molecule has 2 heterocycles. The Labute approximate surface area is 173 Å². The Morgan fingerprint density at radius 1 is 1.28 bits per heavy atom. The number of H-pyrrole nitrogens is 2. The largest absolute Gasteiger partial charge is 0.350 e. The van der Waals surface area contributed by atoms with Crippen LogP contribution in [0.2, 0.25) is 0 Å². The fourth-order valence-electron chi connectivity index (χ4n) is 4.51. The lowest BCUT2D eigenvalue weighted by molar-refractivity contribution is -0.122. The molecule has 0 radical (unpaired) electrons. The van der Waals surface area contributed by atoms with E-state index >= 15 is 0 Å². The molecule has 1 saturated carbocycles. The van der Waals surface area contributed by atoms with E-state index in [-0.39, 0.29) is 40.8 Å². The fourth-order valence-corrected chi connectivity index (χ4v) is 5.47. The third-order valence-electron chi connectivity index (χ3n) is 5.80. The Kier molecular flexibility index (Phi) is 6.81. The first-order valence-electron chi connectivity index (χ1n) is 10.3. The molecule has 2 aliphatic rings. The highest BCUT2D eigenvalue weighted by atomic mass is 32.2. The summed E-state index contributed by atoms with van der Waals surface area (Å²) in [6.07, 6.45) is 3.83. The maximum Gasteiger partial charge on any atom is 0.342 e. The maximum atomic E-state index is 13.0. The molecule has 10 heteroatoms. The Morgan fingerprint density at radius 3 is 2.66 bits per heavy atom. The molecule has 2 fully saturated rings. The van der Waals surface area contributed by atoms with Crippen molar-refractivity contribution in [2.75, 3.05) is 12.3 Å². The second-order valence-electron chi connectivity index (χ2n) is 8.06. The second kappa shape index (κ2) is 9.15. The summed E-state index contributed by atoms with van der Waals surface area (Å²) in [6.45, 7) is 6.46. The number of thioether (sulfide) groups is 1. The van der Waals surface area contributed by atoms with Gasteiger partial charge in [-0.2, -0.15) is 5.10 Å². The van der Waals surface area contributed by atoms with Crippen molar-refractivity contribution in [3.05, 3.63) is 26.5 Å². The Hall–Kier alpha value is -2.10. The number of hydrogen-bond acceptors (Lipinski definition) is 6. The van der Waals surface area contributed by atoms with Gasteiger partial charge in [0.15, 0.2) is 0 Å². The number of rotatable bonds is 6. The third kappa shape index (κ3) is 4.57. The number of carbonyl (C=O) groups excluding carboxylic acids is 2. The van der Waals surface area contributed by atoms with Gasteiger partial charge < -0.3 is 10.2 Å². The molecule has 0 aromatic carbocycles. The van der Waals surface area contributed by atoms with Gasteiger partial charge >= 0.3 is 5.69 Å². The number of amides is 2. The first-order chi connectivity index (χ1) is 13.8. The highest BCUT2D eigenvalue weighted by Crippen LogP contribution is 2.37. The van der Waals surface area contributed by atoms with Gasteiger partial charge in [-0.1, -0.05) is 33.6 Å². The normalized spacial score (nSPS) is 25.0. The van der Waals surface area contributed by atoms with E-state index in [2.05, 4.69) is 20.5 Å². The van der Waals surface area contributed by atoms with Crippen molar-refractivity contribution in [3.63, 3.8) is 0 Å². The highest BCUT2D eigenvalue weighted by molar-refractivity contribution is 8.00. The topological polar surface area (TPSA) is 128 Å². The minimum absolute atomic E-state index is 0.00971. The Bertz CT molecular complexity index is 867. The monoisotopic (exact) mass is 423 g/mol. The van der Waals surface area contributed by atoms with Crippen LogP contribution < -0.4 is 16.6 Å². The van der Waals surface area contributed by atoms with E-state index in [1.165, 1.54) is 0 Å². The van der Waals surface area contributed by atoms with Gasteiger partial charge in [-0.3, -0.25) is 19.4 Å². The van der Waals surface area contributed by atoms with E-state index in [4.69, 9.17) is 0 Å². The molecule has 9 nitrogen and oxygen atoms in total. The Morgan fingerprint density at radius 2 is 2.00 bits per heavy atom. The molecular weight excluding hydrogens is 394 g/mol. The number of fused-ring (bicyclic) bond motifs is 1. The first kappa shape index (κ1) is 21.6. The number of nitrogens with zero attached hydrogens (tertiary/aromatic N) is 2. The lowest BCUT2D eigenvalue weighted by Gasteiger charge is -2.32. The van der Waals surface area contributed by atoms with E-state index in [1.54, 1.807) is 16.7 Å². The molecule has 1 saturated heterocycles. The van der Waals surface area contributed by atoms with E-state index in [1.807, 2.05) is 20.8 Å². The second-order valence-corrected chi connectivity index (χ2v) is 9.48. The van der Waals surface area contributed by atoms with Crippen molar-refractivity contribution < 1.29 is 9.59 Å². The molecule has 0 bridgehead atoms. The zero-order valence-electron chi connectivity index (χ0n) is 17.1. The minimum atomic E-state index is -0.794. The van der Waals surface area contributed by atoms with E-state index in [0.717, 1.165) is 31.4 Å². The summed E-state index contributed by atoms with van der Waals surface area (Å²) in [6, 6.07) is -0.177. The van der Waals surface area contributed by atoms with Gasteiger partial charge in [0.05, 0.1) is 11.3 Å². The predicted octanol–water partition coefficient (Wildman–Crippen LogP) is 0.735. The molecule has 3 rings (SSSR count). The number of nitrogens with one attached hydrogen (secondary N) is 3. The molecule has 3 N–H and O–H groups in total. The van der Waals surface area contributed by atoms with E-state index in [9.17, 15) is 19.2 Å². The summed E-state index contributed by atoms with van der Waals surface area (Å²) in [5, 5.41) is 8.84. The SMILES string of the molecule is CCSC(C(=O)NC1CN(C(=O)c2n[nH]c(=O)[nH]c2=O)C2CCCCC12)C(C)C. The van der Waals surface area contributed by atoms with Crippen molar-refractivity contribution in [1.29, 1.82) is 0 Å². The van der Waals surface area contributed by atoms with Crippen LogP contribution in [0, 0.1) is 11.8 Å². The lowest BCUT2D eigenvalue weighted by atomic mass is 9.82. The van der Waals surface area contributed by atoms with Crippen molar-refractivity contribution in [3.8, 4) is 0 Å². The average Bonchev–Trinajstić information content (AvgIpc) is 3.04. The zero-order valence-corrected chi connectivity index (χ0v) is 17.9. The zero-order chi connectivity index (χ0) is 21.1. The van der Waals surface area contributed by atoms with Crippen LogP contribution in [-0.2, 0) is 4.79 Å². The molecule has 0 spiro atoms. The summed E-state index contributed by atoms with van der Waals surface area (Å²) < 4.78 is 0. The summed E-state index contributed by atoms with van der Waals surface area (Å²) in [7, 11) is 0. The predicted molar refractivity (Wildman–Crippen MR) is 111 cm³/mol. The van der Waals surface area contributed by atoms with Crippen molar-refractivity contribution in [2.24, 2.45) is 11.8 Å². The first-order valence-corrected chi connectivity index (χ1v) is 11.3. The van der Waals surface area contributed by atoms with Gasteiger partial charge in [-0.15, -0.1) is 11.8 Å². The molecular formula is C19H29N5O4S. The number of aromatic amines is 2. The standard InChI is InChI=1S/C19H29N5O4S/c1-4-29-15(10(2)3)17(26)20-12-9-24(13-8-6-5-7-11(12)13)18(27)14-16(25)21-19(28)23-22-14/h10-13,15H,4-9H2,1-3H3,(H,20,26)(H2,21,23,25,28). The average molecular weight is 424 g/mol. The van der Waals surface area contributed by atoms with Crippen LogP contribution in [0.5, 0.6) is 0 Å². The quantitative estimate of drug-likeness (QED) is 0.619. The van der Waals surface area contributed by atoms with Gasteiger partial charge in [0, 0.05) is 18.5 Å². The molecule has 2 amide bonds. The van der Waals surface area contributed by atoms with Gasteiger partial charge in [-0.05, 0) is 24.5 Å². The summed E-state index contributed by atoms with van der Waals surface area (Å²) in [4.78, 5) is 52.9. The molecule has 160 valence electrons. The van der Waals surface area contributed by atoms with Gasteiger partial charge in [-0.25, -0.2) is 9.89 Å². The minimum Gasteiger partial charge on any atom is -0.350 e. The van der Waals surface area contributed by atoms with Crippen molar-refractivity contribution >= 4 is 23.6 Å². The summed E-state index contributed by atoms with van der Waals surface area (Å²) in [5.41, 5.74) is -1.86. The number of hydrogen-bond donors (Lipinski definition) is 3. The van der Waals surface area contributed by atoms with Crippen LogP contribution in [0.1, 0.15) is 56.9 Å². The maximum absolute atomic E-state index is 13.0. The molecule has 29 heavy (non-hydrogen) atoms. The van der Waals surface area contributed by atoms with Crippen molar-refractivity contribution in [2.45, 2.75) is 63.8 Å². The smallest absolute Gasteiger partial charge is 0.342 e. The molecule has 4 atom stereocenters. The van der Waals surface area contributed by atoms with Crippen LogP contribution >= 0.6 is 11.8 Å². The van der Waals surface area contributed by atoms with E-state index < -0.39 is 17.2 Å². The van der Waals surface area contributed by atoms with Crippen LogP contribution in [0.3, 0.4) is 0 Å². The molecule has 1 aliphatic carbocycles. The van der Waals surface area contributed by atoms with Gasteiger partial charge in [0.25, 0.3) is 11.5 Å². The fraction of sp³-hybridized carbons (Fsp3) is 0.737. The van der Waals surface area contributed by atoms with Crippen LogP contribution in [0.25, 0.3) is 0 Å². The van der Waals surface area contributed by atoms with Crippen LogP contribution in [-0.4, -0.2) is 61.5 Å². The molecule has 1 aromatic heterocycles. The van der Waals surface area contributed by atoms with E-state index in [0.29, 0.717) is 6.54 Å². The van der Waals surface area contributed by atoms with Crippen LogP contribution in [0.4, 0.5) is 0 Å². The summed E-state index contributed by atoms with van der Waals surface area (Å²) in [5.74, 6) is 0.746. The third-order valence-corrected chi connectivity index (χ3v) is 7.26. The van der Waals surface area contributed by atoms with Crippen LogP contribution in [0.15, 0.2) is 9.59 Å². The lowest BCUT2D eigenvalue weighted by Crippen LogP contribution is -2.46. The van der Waals surface area contributed by atoms with Gasteiger partial charge in [0.1, 0.15) is 0 Å².